The number of para-hydroxylation sites is 1. The molecule has 30 heavy (non-hydrogen) atoms. The van der Waals surface area contributed by atoms with Crippen molar-refractivity contribution in [2.45, 2.75) is 12.1 Å². The molecule has 2 fully saturated rings. The van der Waals surface area contributed by atoms with Crippen LogP contribution in [0.5, 0.6) is 0 Å². The molecule has 5 nitrogen and oxygen atoms in total. The number of amides is 2. The number of carbonyl (C=O) groups excluding carboxylic acids is 2. The second kappa shape index (κ2) is 7.43. The van der Waals surface area contributed by atoms with E-state index in [1.165, 1.54) is 6.07 Å². The van der Waals surface area contributed by atoms with Crippen molar-refractivity contribution in [3.05, 3.63) is 94.5 Å². The molecule has 2 amide bonds. The maximum atomic E-state index is 13.5. The first-order chi connectivity index (χ1) is 14.6. The van der Waals surface area contributed by atoms with E-state index in [4.69, 9.17) is 28.0 Å². The summed E-state index contributed by atoms with van der Waals surface area (Å²) in [7, 11) is 0. The van der Waals surface area contributed by atoms with Gasteiger partial charge in [-0.1, -0.05) is 71.7 Å². The molecule has 7 heteroatoms. The SMILES string of the molecule is O=C1[C@@H]2[C@H](ON(c3ccccc3)[C@H]2c2ccccc2)C(=O)N1c1ccc(Cl)cc1Cl. The molecule has 5 rings (SSSR count). The number of hydroxylamine groups is 1. The molecule has 3 aromatic rings. The van der Waals surface area contributed by atoms with Gasteiger partial charge >= 0.3 is 0 Å². The van der Waals surface area contributed by atoms with Crippen molar-refractivity contribution in [3.63, 3.8) is 0 Å². The maximum absolute atomic E-state index is 13.5. The zero-order chi connectivity index (χ0) is 20.8. The Morgan fingerprint density at radius 1 is 0.800 bits per heavy atom. The summed E-state index contributed by atoms with van der Waals surface area (Å²) in [4.78, 5) is 34.0. The first-order valence-electron chi connectivity index (χ1n) is 9.45. The molecule has 2 aliphatic rings. The predicted octanol–water partition coefficient (Wildman–Crippen LogP) is 5.04. The number of carbonyl (C=O) groups is 2. The van der Waals surface area contributed by atoms with Crippen molar-refractivity contribution in [1.29, 1.82) is 0 Å². The number of hydrogen-bond acceptors (Lipinski definition) is 4. The molecule has 2 aliphatic heterocycles. The standard InChI is InChI=1S/C23H16Cl2N2O3/c24-15-11-12-18(17(25)13-15)26-22(28)19-20(14-7-3-1-4-8-14)27(30-21(19)23(26)29)16-9-5-2-6-10-16/h1-13,19-21H/t19-,20-,21-/m0/s1. The Morgan fingerprint density at radius 3 is 2.13 bits per heavy atom. The van der Waals surface area contributed by atoms with Gasteiger partial charge in [0.15, 0.2) is 6.10 Å². The van der Waals surface area contributed by atoms with E-state index in [9.17, 15) is 9.59 Å². The van der Waals surface area contributed by atoms with E-state index in [0.717, 1.165) is 16.2 Å². The number of halogens is 2. The number of benzene rings is 3. The first-order valence-corrected chi connectivity index (χ1v) is 10.2. The van der Waals surface area contributed by atoms with Gasteiger partial charge in [-0.3, -0.25) is 14.4 Å². The van der Waals surface area contributed by atoms with Gasteiger partial charge in [-0.2, -0.15) is 0 Å². The highest BCUT2D eigenvalue weighted by atomic mass is 35.5. The van der Waals surface area contributed by atoms with Crippen LogP contribution in [0.4, 0.5) is 11.4 Å². The van der Waals surface area contributed by atoms with E-state index < -0.39 is 24.0 Å². The summed E-state index contributed by atoms with van der Waals surface area (Å²) in [6.07, 6.45) is -0.936. The smallest absolute Gasteiger partial charge is 0.266 e. The molecule has 0 spiro atoms. The fraction of sp³-hybridized carbons (Fsp3) is 0.130. The predicted molar refractivity (Wildman–Crippen MR) is 115 cm³/mol. The average molecular weight is 439 g/mol. The Hall–Kier alpha value is -2.86. The minimum atomic E-state index is -0.936. The quantitative estimate of drug-likeness (QED) is 0.537. The van der Waals surface area contributed by atoms with Crippen LogP contribution < -0.4 is 9.96 Å². The van der Waals surface area contributed by atoms with Gasteiger partial charge in [-0.15, -0.1) is 0 Å². The molecular weight excluding hydrogens is 423 g/mol. The summed E-state index contributed by atoms with van der Waals surface area (Å²) in [6.45, 7) is 0. The molecule has 3 atom stereocenters. The molecular formula is C23H16Cl2N2O3. The summed E-state index contributed by atoms with van der Waals surface area (Å²) >= 11 is 12.3. The van der Waals surface area contributed by atoms with E-state index in [2.05, 4.69) is 0 Å². The highest BCUT2D eigenvalue weighted by Crippen LogP contribution is 2.48. The molecule has 0 bridgehead atoms. The molecule has 3 aromatic carbocycles. The van der Waals surface area contributed by atoms with E-state index in [1.54, 1.807) is 17.2 Å². The first kappa shape index (κ1) is 19.1. The zero-order valence-electron chi connectivity index (χ0n) is 15.6. The van der Waals surface area contributed by atoms with Gasteiger partial charge in [-0.25, -0.2) is 9.96 Å². The Bertz CT molecular complexity index is 1120. The van der Waals surface area contributed by atoms with Crippen LogP contribution >= 0.6 is 23.2 Å². The van der Waals surface area contributed by atoms with E-state index in [1.807, 2.05) is 60.7 Å². The van der Waals surface area contributed by atoms with Crippen LogP contribution in [0.15, 0.2) is 78.9 Å². The van der Waals surface area contributed by atoms with Gasteiger partial charge in [0.2, 0.25) is 5.91 Å². The number of hydrogen-bond donors (Lipinski definition) is 0. The Labute approximate surface area is 183 Å². The van der Waals surface area contributed by atoms with Crippen LogP contribution in [-0.4, -0.2) is 17.9 Å². The third kappa shape index (κ3) is 2.98. The highest BCUT2D eigenvalue weighted by molar-refractivity contribution is 6.38. The van der Waals surface area contributed by atoms with Gasteiger partial charge in [0.25, 0.3) is 5.91 Å². The van der Waals surface area contributed by atoms with Crippen molar-refractivity contribution in [1.82, 2.24) is 0 Å². The second-order valence-corrected chi connectivity index (χ2v) is 8.02. The van der Waals surface area contributed by atoms with E-state index in [0.29, 0.717) is 10.7 Å². The molecule has 0 N–H and O–H groups in total. The second-order valence-electron chi connectivity index (χ2n) is 7.18. The van der Waals surface area contributed by atoms with Crippen LogP contribution in [0.1, 0.15) is 11.6 Å². The van der Waals surface area contributed by atoms with Crippen LogP contribution in [-0.2, 0) is 14.4 Å². The summed E-state index contributed by atoms with van der Waals surface area (Å²) in [6, 6.07) is 23.3. The minimum absolute atomic E-state index is 0.236. The van der Waals surface area contributed by atoms with Crippen molar-refractivity contribution in [2.75, 3.05) is 9.96 Å². The summed E-state index contributed by atoms with van der Waals surface area (Å²) < 4.78 is 0. The molecule has 0 aromatic heterocycles. The molecule has 150 valence electrons. The van der Waals surface area contributed by atoms with Gasteiger partial charge in [0.1, 0.15) is 5.92 Å². The fourth-order valence-corrected chi connectivity index (χ4v) is 4.60. The number of fused-ring (bicyclic) bond motifs is 1. The molecule has 0 unspecified atom stereocenters. The largest absolute Gasteiger partial charge is 0.273 e. The van der Waals surface area contributed by atoms with Crippen molar-refractivity contribution in [3.8, 4) is 0 Å². The van der Waals surface area contributed by atoms with Crippen molar-refractivity contribution in [2.24, 2.45) is 5.92 Å². The van der Waals surface area contributed by atoms with Crippen molar-refractivity contribution < 1.29 is 14.4 Å². The summed E-state index contributed by atoms with van der Waals surface area (Å²) in [5.74, 6) is -1.48. The Balaban J connectivity index is 1.59. The lowest BCUT2D eigenvalue weighted by molar-refractivity contribution is -0.126. The van der Waals surface area contributed by atoms with Crippen LogP contribution in [0.3, 0.4) is 0 Å². The molecule has 2 saturated heterocycles. The number of nitrogens with zero attached hydrogens (tertiary/aromatic N) is 2. The topological polar surface area (TPSA) is 49.9 Å². The Morgan fingerprint density at radius 2 is 1.47 bits per heavy atom. The maximum Gasteiger partial charge on any atom is 0.266 e. The van der Waals surface area contributed by atoms with E-state index in [-0.39, 0.29) is 10.9 Å². The fourth-order valence-electron chi connectivity index (χ4n) is 4.10. The average Bonchev–Trinajstić information content (AvgIpc) is 3.26. The molecule has 0 saturated carbocycles. The number of rotatable bonds is 3. The summed E-state index contributed by atoms with van der Waals surface area (Å²) in [5.41, 5.74) is 1.98. The number of imide groups is 1. The third-order valence-corrected chi connectivity index (χ3v) is 5.96. The highest BCUT2D eigenvalue weighted by Gasteiger charge is 2.60. The van der Waals surface area contributed by atoms with Crippen LogP contribution in [0.25, 0.3) is 0 Å². The van der Waals surface area contributed by atoms with Gasteiger partial charge in [0, 0.05) is 5.02 Å². The Kier molecular flexibility index (Phi) is 4.74. The van der Waals surface area contributed by atoms with Crippen LogP contribution in [0, 0.1) is 5.92 Å². The molecule has 0 aliphatic carbocycles. The lowest BCUT2D eigenvalue weighted by Crippen LogP contribution is -2.37. The summed E-state index contributed by atoms with van der Waals surface area (Å²) in [5, 5.41) is 2.33. The third-order valence-electron chi connectivity index (χ3n) is 5.42. The monoisotopic (exact) mass is 438 g/mol. The van der Waals surface area contributed by atoms with Gasteiger partial charge in [0.05, 0.1) is 22.4 Å². The molecule has 2 heterocycles. The minimum Gasteiger partial charge on any atom is -0.273 e. The van der Waals surface area contributed by atoms with Crippen LogP contribution in [0.2, 0.25) is 10.0 Å². The number of anilines is 2. The van der Waals surface area contributed by atoms with Crippen molar-refractivity contribution >= 4 is 46.4 Å². The zero-order valence-corrected chi connectivity index (χ0v) is 17.1. The van der Waals surface area contributed by atoms with Gasteiger partial charge < -0.3 is 0 Å². The molecule has 0 radical (unpaired) electrons. The normalized spacial score (nSPS) is 23.2. The lowest BCUT2D eigenvalue weighted by atomic mass is 9.90. The van der Waals surface area contributed by atoms with Gasteiger partial charge in [-0.05, 0) is 35.9 Å². The van der Waals surface area contributed by atoms with E-state index >= 15 is 0 Å². The lowest BCUT2D eigenvalue weighted by Gasteiger charge is -2.28.